The molecule has 0 bridgehead atoms. The number of hydrazine groups is 1. The number of nitrogens with zero attached hydrogens (tertiary/aromatic N) is 2. The number of unbranched alkanes of at least 4 members (excludes halogenated alkanes) is 1. The number of nitrogens with two attached hydrogens (primary N) is 2. The van der Waals surface area contributed by atoms with Crippen LogP contribution in [0.15, 0.2) is 18.5 Å². The molecule has 0 saturated heterocycles. The Bertz CT molecular complexity index is 262. The predicted octanol–water partition coefficient (Wildman–Crippen LogP) is 1.14. The van der Waals surface area contributed by atoms with Crippen LogP contribution in [0.3, 0.4) is 0 Å². The summed E-state index contributed by atoms with van der Waals surface area (Å²) in [6.07, 6.45) is 5.50. The van der Waals surface area contributed by atoms with Gasteiger partial charge in [0.1, 0.15) is 0 Å². The summed E-state index contributed by atoms with van der Waals surface area (Å²) in [4.78, 5) is 3.90. The Balaban J connectivity index is 2.65. The van der Waals surface area contributed by atoms with E-state index in [-0.39, 0.29) is 0 Å². The molecule has 1 heterocycles. The number of aromatic nitrogens is 1. The Morgan fingerprint density at radius 1 is 1.54 bits per heavy atom. The Morgan fingerprint density at radius 2 is 2.31 bits per heavy atom. The molecule has 0 amide bonds. The lowest BCUT2D eigenvalue weighted by atomic mass is 10.3. The Hall–Kier alpha value is -1.29. The van der Waals surface area contributed by atoms with Crippen molar-refractivity contribution < 1.29 is 0 Å². The summed E-state index contributed by atoms with van der Waals surface area (Å²) >= 11 is 0. The second-order valence-electron chi connectivity index (χ2n) is 2.98. The van der Waals surface area contributed by atoms with Crippen LogP contribution >= 0.6 is 0 Å². The van der Waals surface area contributed by atoms with E-state index in [1.54, 1.807) is 17.4 Å². The lowest BCUT2D eigenvalue weighted by Gasteiger charge is -2.19. The molecule has 0 aromatic carbocycles. The van der Waals surface area contributed by atoms with Crippen LogP contribution < -0.4 is 16.6 Å². The van der Waals surface area contributed by atoms with E-state index in [0.29, 0.717) is 5.69 Å². The summed E-state index contributed by atoms with van der Waals surface area (Å²) in [6, 6.07) is 1.82. The van der Waals surface area contributed by atoms with Crippen molar-refractivity contribution in [3.8, 4) is 0 Å². The highest BCUT2D eigenvalue weighted by atomic mass is 15.4. The molecule has 4 nitrogen and oxygen atoms in total. The summed E-state index contributed by atoms with van der Waals surface area (Å²) < 4.78 is 0. The summed E-state index contributed by atoms with van der Waals surface area (Å²) in [5.41, 5.74) is 7.19. The number of rotatable bonds is 4. The van der Waals surface area contributed by atoms with Crippen molar-refractivity contribution in [3.05, 3.63) is 18.5 Å². The Labute approximate surface area is 78.5 Å². The molecule has 0 aliphatic carbocycles. The van der Waals surface area contributed by atoms with E-state index >= 15 is 0 Å². The fourth-order valence-corrected chi connectivity index (χ4v) is 1.11. The molecule has 72 valence electrons. The maximum atomic E-state index is 5.81. The first-order valence-corrected chi connectivity index (χ1v) is 4.47. The van der Waals surface area contributed by atoms with Crippen LogP contribution in [0, 0.1) is 0 Å². The first-order chi connectivity index (χ1) is 6.25. The molecule has 0 aliphatic rings. The SMILES string of the molecule is CCCCN(N)c1ccncc1N. The van der Waals surface area contributed by atoms with Crippen molar-refractivity contribution in [1.29, 1.82) is 0 Å². The summed E-state index contributed by atoms with van der Waals surface area (Å²) in [6.45, 7) is 2.95. The number of nitrogen functional groups attached to an aromatic ring is 1. The molecule has 0 atom stereocenters. The van der Waals surface area contributed by atoms with E-state index in [1.807, 2.05) is 6.07 Å². The van der Waals surface area contributed by atoms with Crippen LogP contribution in [-0.2, 0) is 0 Å². The largest absolute Gasteiger partial charge is 0.396 e. The van der Waals surface area contributed by atoms with Gasteiger partial charge in [-0.1, -0.05) is 13.3 Å². The van der Waals surface area contributed by atoms with Crippen molar-refractivity contribution in [1.82, 2.24) is 4.98 Å². The van der Waals surface area contributed by atoms with Gasteiger partial charge in [0.25, 0.3) is 0 Å². The lowest BCUT2D eigenvalue weighted by Crippen LogP contribution is -2.32. The molecule has 1 rings (SSSR count). The maximum absolute atomic E-state index is 5.81. The fraction of sp³-hybridized carbons (Fsp3) is 0.444. The van der Waals surface area contributed by atoms with E-state index in [4.69, 9.17) is 11.6 Å². The van der Waals surface area contributed by atoms with Gasteiger partial charge in [0, 0.05) is 12.7 Å². The van der Waals surface area contributed by atoms with Gasteiger partial charge in [-0.25, -0.2) is 5.84 Å². The third-order valence-corrected chi connectivity index (χ3v) is 1.89. The Morgan fingerprint density at radius 3 is 2.92 bits per heavy atom. The molecular weight excluding hydrogens is 164 g/mol. The van der Waals surface area contributed by atoms with Crippen molar-refractivity contribution >= 4 is 11.4 Å². The van der Waals surface area contributed by atoms with E-state index in [9.17, 15) is 0 Å². The van der Waals surface area contributed by atoms with Crippen LogP contribution in [0.5, 0.6) is 0 Å². The van der Waals surface area contributed by atoms with Crippen LogP contribution in [-0.4, -0.2) is 11.5 Å². The number of hydrogen-bond donors (Lipinski definition) is 2. The molecular formula is C9H16N4. The lowest BCUT2D eigenvalue weighted by molar-refractivity contribution is 0.739. The summed E-state index contributed by atoms with van der Waals surface area (Å²) in [5.74, 6) is 5.81. The minimum absolute atomic E-state index is 0.626. The first-order valence-electron chi connectivity index (χ1n) is 4.47. The molecule has 0 unspecified atom stereocenters. The normalized spacial score (nSPS) is 10.0. The average molecular weight is 180 g/mol. The number of pyridine rings is 1. The second kappa shape index (κ2) is 4.67. The number of hydrogen-bond acceptors (Lipinski definition) is 4. The van der Waals surface area contributed by atoms with Gasteiger partial charge in [0.05, 0.1) is 17.6 Å². The van der Waals surface area contributed by atoms with Crippen LogP contribution in [0.25, 0.3) is 0 Å². The highest BCUT2D eigenvalue weighted by molar-refractivity contribution is 5.64. The monoisotopic (exact) mass is 180 g/mol. The molecule has 1 aromatic rings. The minimum Gasteiger partial charge on any atom is -0.396 e. The minimum atomic E-state index is 0.626. The zero-order chi connectivity index (χ0) is 9.68. The third kappa shape index (κ3) is 2.59. The number of anilines is 2. The standard InChI is InChI=1S/C9H16N4/c1-2-3-6-13(11)9-4-5-12-7-8(9)10/h4-5,7H,2-3,6,10-11H2,1H3. The van der Waals surface area contributed by atoms with E-state index < -0.39 is 0 Å². The molecule has 0 saturated carbocycles. The van der Waals surface area contributed by atoms with Gasteiger partial charge < -0.3 is 10.7 Å². The van der Waals surface area contributed by atoms with Crippen molar-refractivity contribution in [2.24, 2.45) is 5.84 Å². The maximum Gasteiger partial charge on any atom is 0.0777 e. The van der Waals surface area contributed by atoms with Gasteiger partial charge in [0.2, 0.25) is 0 Å². The van der Waals surface area contributed by atoms with Crippen molar-refractivity contribution in [2.75, 3.05) is 17.3 Å². The first kappa shape index (κ1) is 9.80. The molecule has 4 heteroatoms. The highest BCUT2D eigenvalue weighted by Gasteiger charge is 2.03. The van der Waals surface area contributed by atoms with E-state index in [1.165, 1.54) is 0 Å². The molecule has 0 spiro atoms. The molecule has 13 heavy (non-hydrogen) atoms. The fourth-order valence-electron chi connectivity index (χ4n) is 1.11. The topological polar surface area (TPSA) is 68.2 Å². The van der Waals surface area contributed by atoms with Gasteiger partial charge >= 0.3 is 0 Å². The van der Waals surface area contributed by atoms with E-state index in [0.717, 1.165) is 25.1 Å². The molecule has 0 aliphatic heterocycles. The van der Waals surface area contributed by atoms with Gasteiger partial charge in [-0.05, 0) is 12.5 Å². The predicted molar refractivity (Wildman–Crippen MR) is 55.1 cm³/mol. The smallest absolute Gasteiger partial charge is 0.0777 e. The molecule has 4 N–H and O–H groups in total. The zero-order valence-electron chi connectivity index (χ0n) is 7.90. The molecule has 1 aromatic heterocycles. The van der Waals surface area contributed by atoms with E-state index in [2.05, 4.69) is 11.9 Å². The van der Waals surface area contributed by atoms with Crippen molar-refractivity contribution in [3.63, 3.8) is 0 Å². The van der Waals surface area contributed by atoms with Gasteiger partial charge in [-0.15, -0.1) is 0 Å². The average Bonchev–Trinajstić information content (AvgIpc) is 2.15. The zero-order valence-corrected chi connectivity index (χ0v) is 7.90. The second-order valence-corrected chi connectivity index (χ2v) is 2.98. The summed E-state index contributed by atoms with van der Waals surface area (Å²) in [7, 11) is 0. The van der Waals surface area contributed by atoms with Crippen molar-refractivity contribution in [2.45, 2.75) is 19.8 Å². The summed E-state index contributed by atoms with van der Waals surface area (Å²) in [5, 5.41) is 1.67. The van der Waals surface area contributed by atoms with Crippen LogP contribution in [0.1, 0.15) is 19.8 Å². The van der Waals surface area contributed by atoms with Crippen LogP contribution in [0.2, 0.25) is 0 Å². The molecule has 0 radical (unpaired) electrons. The Kier molecular flexibility index (Phi) is 3.52. The molecule has 0 fully saturated rings. The quantitative estimate of drug-likeness (QED) is 0.538. The van der Waals surface area contributed by atoms with Gasteiger partial charge in [-0.2, -0.15) is 0 Å². The van der Waals surface area contributed by atoms with Gasteiger partial charge in [0.15, 0.2) is 0 Å². The highest BCUT2D eigenvalue weighted by Crippen LogP contribution is 2.18. The van der Waals surface area contributed by atoms with Gasteiger partial charge in [-0.3, -0.25) is 4.98 Å². The van der Waals surface area contributed by atoms with Crippen LogP contribution in [0.4, 0.5) is 11.4 Å². The third-order valence-electron chi connectivity index (χ3n) is 1.89.